The number of amides is 1. The average Bonchev–Trinajstić information content (AvgIpc) is 2.97. The second kappa shape index (κ2) is 8.05. The molecule has 1 saturated heterocycles. The summed E-state index contributed by atoms with van der Waals surface area (Å²) in [5.41, 5.74) is 1.89. The first-order valence-corrected chi connectivity index (χ1v) is 11.9. The number of nitrogens with zero attached hydrogens (tertiary/aromatic N) is 4. The van der Waals surface area contributed by atoms with Crippen LogP contribution in [0.5, 0.6) is 0 Å². The summed E-state index contributed by atoms with van der Waals surface area (Å²) in [5, 5.41) is 0.648. The van der Waals surface area contributed by atoms with Gasteiger partial charge < -0.3 is 9.80 Å². The van der Waals surface area contributed by atoms with Crippen LogP contribution in [0.1, 0.15) is 0 Å². The number of hydrogen-bond donors (Lipinski definition) is 0. The van der Waals surface area contributed by atoms with E-state index in [1.807, 2.05) is 18.2 Å². The van der Waals surface area contributed by atoms with E-state index < -0.39 is 21.5 Å². The number of aryl methyl sites for hydroxylation is 2. The lowest BCUT2D eigenvalue weighted by atomic mass is 10.2. The van der Waals surface area contributed by atoms with E-state index >= 15 is 0 Å². The van der Waals surface area contributed by atoms with Gasteiger partial charge in [0, 0.05) is 51.0 Å². The summed E-state index contributed by atoms with van der Waals surface area (Å²) in [7, 11) is -0.620. The third kappa shape index (κ3) is 4.07. The first-order valence-electron chi connectivity index (χ1n) is 9.84. The van der Waals surface area contributed by atoms with Gasteiger partial charge in [-0.25, -0.2) is 13.2 Å². The number of aromatic nitrogens is 2. The molecule has 1 amide bonds. The second-order valence-electron chi connectivity index (χ2n) is 7.66. The van der Waals surface area contributed by atoms with Gasteiger partial charge in [-0.15, -0.1) is 0 Å². The van der Waals surface area contributed by atoms with Crippen molar-refractivity contribution in [2.45, 2.75) is 4.90 Å². The maximum absolute atomic E-state index is 12.9. The smallest absolute Gasteiger partial charge is 0.328 e. The van der Waals surface area contributed by atoms with E-state index in [9.17, 15) is 18.0 Å². The van der Waals surface area contributed by atoms with Gasteiger partial charge in [0.05, 0.1) is 15.9 Å². The summed E-state index contributed by atoms with van der Waals surface area (Å²) in [6.45, 7) is 2.08. The minimum atomic E-state index is -3.84. The third-order valence-electron chi connectivity index (χ3n) is 5.72. The molecule has 1 fully saturated rings. The fourth-order valence-electron chi connectivity index (χ4n) is 3.90. The number of sulfone groups is 1. The Hall–Kier alpha value is -2.78. The largest absolute Gasteiger partial charge is 0.368 e. The van der Waals surface area contributed by atoms with Crippen molar-refractivity contribution >= 4 is 44.1 Å². The quantitative estimate of drug-likeness (QED) is 0.588. The van der Waals surface area contributed by atoms with Crippen molar-refractivity contribution in [2.24, 2.45) is 14.1 Å². The minimum Gasteiger partial charge on any atom is -0.368 e. The highest BCUT2D eigenvalue weighted by molar-refractivity contribution is 7.92. The Balaban J connectivity index is 1.46. The van der Waals surface area contributed by atoms with E-state index in [1.54, 1.807) is 31.1 Å². The molecule has 164 valence electrons. The van der Waals surface area contributed by atoms with Crippen LogP contribution in [0.25, 0.3) is 11.0 Å². The van der Waals surface area contributed by atoms with Gasteiger partial charge in [-0.3, -0.25) is 13.9 Å². The molecule has 10 heteroatoms. The van der Waals surface area contributed by atoms with E-state index in [0.717, 1.165) is 5.69 Å². The SMILES string of the molecule is Cn1c(=O)n(C)c2cc(S(=O)(=O)CC(=O)N3CCN(c4cccc(Cl)c4)CC3)ccc21. The molecule has 1 aliphatic rings. The van der Waals surface area contributed by atoms with Crippen molar-refractivity contribution in [1.82, 2.24) is 14.0 Å². The molecular formula is C21H23ClN4O4S. The summed E-state index contributed by atoms with van der Waals surface area (Å²) in [4.78, 5) is 28.5. The number of rotatable bonds is 4. The first-order chi connectivity index (χ1) is 14.7. The van der Waals surface area contributed by atoms with Crippen molar-refractivity contribution in [3.63, 3.8) is 0 Å². The van der Waals surface area contributed by atoms with Crippen molar-refractivity contribution in [3.05, 3.63) is 58.0 Å². The molecular weight excluding hydrogens is 440 g/mol. The highest BCUT2D eigenvalue weighted by atomic mass is 35.5. The molecule has 0 atom stereocenters. The summed E-state index contributed by atoms with van der Waals surface area (Å²) in [6.07, 6.45) is 0. The zero-order valence-corrected chi connectivity index (χ0v) is 18.9. The number of carbonyl (C=O) groups excluding carboxylic acids is 1. The molecule has 2 heterocycles. The Kier molecular flexibility index (Phi) is 5.57. The first kappa shape index (κ1) is 21.5. The van der Waals surface area contributed by atoms with Gasteiger partial charge in [-0.05, 0) is 36.4 Å². The van der Waals surface area contributed by atoms with Gasteiger partial charge in [0.25, 0.3) is 0 Å². The Morgan fingerprint density at radius 1 is 0.968 bits per heavy atom. The van der Waals surface area contributed by atoms with Crippen LogP contribution in [0.15, 0.2) is 52.2 Å². The van der Waals surface area contributed by atoms with Crippen LogP contribution in [0, 0.1) is 0 Å². The fourth-order valence-corrected chi connectivity index (χ4v) is 5.33. The number of fused-ring (bicyclic) bond motifs is 1. The van der Waals surface area contributed by atoms with Crippen LogP contribution in [0.3, 0.4) is 0 Å². The Bertz CT molecular complexity index is 1320. The van der Waals surface area contributed by atoms with Gasteiger partial charge in [-0.2, -0.15) is 0 Å². The molecule has 0 saturated carbocycles. The molecule has 0 bridgehead atoms. The number of hydrogen-bond acceptors (Lipinski definition) is 5. The van der Waals surface area contributed by atoms with Crippen molar-refractivity contribution in [2.75, 3.05) is 36.8 Å². The number of imidazole rings is 1. The number of anilines is 1. The maximum atomic E-state index is 12.9. The molecule has 0 N–H and O–H groups in total. The fraction of sp³-hybridized carbons (Fsp3) is 0.333. The van der Waals surface area contributed by atoms with E-state index in [2.05, 4.69) is 4.90 Å². The van der Waals surface area contributed by atoms with Crippen LogP contribution < -0.4 is 10.6 Å². The molecule has 8 nitrogen and oxygen atoms in total. The van der Waals surface area contributed by atoms with E-state index in [4.69, 9.17) is 11.6 Å². The number of carbonyl (C=O) groups is 1. The number of benzene rings is 2. The van der Waals surface area contributed by atoms with Crippen LogP contribution in [-0.4, -0.2) is 60.3 Å². The number of halogens is 1. The van der Waals surface area contributed by atoms with Crippen molar-refractivity contribution < 1.29 is 13.2 Å². The van der Waals surface area contributed by atoms with Gasteiger partial charge in [-0.1, -0.05) is 17.7 Å². The normalized spacial score (nSPS) is 14.9. The monoisotopic (exact) mass is 462 g/mol. The second-order valence-corrected chi connectivity index (χ2v) is 10.1. The molecule has 1 aromatic heterocycles. The summed E-state index contributed by atoms with van der Waals surface area (Å²) < 4.78 is 28.6. The topological polar surface area (TPSA) is 84.6 Å². The molecule has 31 heavy (non-hydrogen) atoms. The lowest BCUT2D eigenvalue weighted by molar-refractivity contribution is -0.128. The third-order valence-corrected chi connectivity index (χ3v) is 7.56. The molecule has 0 radical (unpaired) electrons. The predicted molar refractivity (Wildman–Crippen MR) is 120 cm³/mol. The van der Waals surface area contributed by atoms with E-state index in [0.29, 0.717) is 42.2 Å². The van der Waals surface area contributed by atoms with Gasteiger partial charge >= 0.3 is 5.69 Å². The molecule has 1 aliphatic heterocycles. The Morgan fingerprint density at radius 2 is 1.65 bits per heavy atom. The highest BCUT2D eigenvalue weighted by Crippen LogP contribution is 2.22. The summed E-state index contributed by atoms with van der Waals surface area (Å²) in [5.74, 6) is -1.02. The van der Waals surface area contributed by atoms with Crippen molar-refractivity contribution in [3.8, 4) is 0 Å². The van der Waals surface area contributed by atoms with Crippen molar-refractivity contribution in [1.29, 1.82) is 0 Å². The maximum Gasteiger partial charge on any atom is 0.328 e. The zero-order valence-electron chi connectivity index (χ0n) is 17.3. The van der Waals surface area contributed by atoms with E-state index in [1.165, 1.54) is 21.3 Å². The standard InChI is InChI=1S/C21H23ClN4O4S/c1-23-18-7-6-17(13-19(18)24(2)21(23)28)31(29,30)14-20(27)26-10-8-25(9-11-26)16-5-3-4-15(22)12-16/h3-7,12-13H,8-11,14H2,1-2H3. The van der Waals surface area contributed by atoms with Crippen LogP contribution in [0.4, 0.5) is 5.69 Å². The Labute approximate surface area is 185 Å². The summed E-state index contributed by atoms with van der Waals surface area (Å²) in [6, 6.07) is 12.0. The molecule has 3 aromatic rings. The zero-order chi connectivity index (χ0) is 22.3. The minimum absolute atomic E-state index is 0.0344. The molecule has 0 unspecified atom stereocenters. The van der Waals surface area contributed by atoms with Crippen LogP contribution in [0.2, 0.25) is 5.02 Å². The van der Waals surface area contributed by atoms with Gasteiger partial charge in [0.15, 0.2) is 9.84 Å². The van der Waals surface area contributed by atoms with Crippen LogP contribution in [-0.2, 0) is 28.7 Å². The highest BCUT2D eigenvalue weighted by Gasteiger charge is 2.27. The Morgan fingerprint density at radius 3 is 2.32 bits per heavy atom. The van der Waals surface area contributed by atoms with Gasteiger partial charge in [0.2, 0.25) is 5.91 Å². The molecule has 2 aromatic carbocycles. The summed E-state index contributed by atoms with van der Waals surface area (Å²) >= 11 is 6.05. The molecule has 4 rings (SSSR count). The van der Waals surface area contributed by atoms with Crippen LogP contribution >= 0.6 is 11.6 Å². The molecule has 0 aliphatic carbocycles. The van der Waals surface area contributed by atoms with Gasteiger partial charge in [0.1, 0.15) is 5.75 Å². The predicted octanol–water partition coefficient (Wildman–Crippen LogP) is 1.65. The van der Waals surface area contributed by atoms with E-state index in [-0.39, 0.29) is 10.6 Å². The number of piperazine rings is 1. The lowest BCUT2D eigenvalue weighted by Crippen LogP contribution is -2.50. The average molecular weight is 463 g/mol. The lowest BCUT2D eigenvalue weighted by Gasteiger charge is -2.36. The molecule has 0 spiro atoms.